The second-order valence-electron chi connectivity index (χ2n) is 5.57. The molecule has 1 aromatic rings. The van der Waals surface area contributed by atoms with Crippen LogP contribution in [0.1, 0.15) is 19.4 Å². The number of carbonyl (C=O) groups excluding carboxylic acids is 1. The molecule has 2 heterocycles. The van der Waals surface area contributed by atoms with Crippen LogP contribution in [0.25, 0.3) is 5.57 Å². The summed E-state index contributed by atoms with van der Waals surface area (Å²) in [6.07, 6.45) is 12.0. The van der Waals surface area contributed by atoms with Crippen molar-refractivity contribution in [1.29, 1.82) is 0 Å². The number of likely N-dealkylation sites (N-methyl/N-ethyl adjacent to an activating group) is 1. The summed E-state index contributed by atoms with van der Waals surface area (Å²) < 4.78 is 0.634. The lowest BCUT2D eigenvalue weighted by Gasteiger charge is -2.26. The van der Waals surface area contributed by atoms with Crippen molar-refractivity contribution in [2.75, 3.05) is 18.0 Å². The molecule has 0 radical (unpaired) electrons. The van der Waals surface area contributed by atoms with E-state index >= 15 is 0 Å². The Morgan fingerprint density at radius 1 is 1.12 bits per heavy atom. The van der Waals surface area contributed by atoms with Crippen molar-refractivity contribution in [3.63, 3.8) is 0 Å². The van der Waals surface area contributed by atoms with Gasteiger partial charge in [-0.15, -0.1) is 0 Å². The summed E-state index contributed by atoms with van der Waals surface area (Å²) in [7, 11) is 0. The number of carbonyl (C=O) groups is 1. The third-order valence-corrected chi connectivity index (χ3v) is 5.52. The van der Waals surface area contributed by atoms with Crippen molar-refractivity contribution in [3.05, 3.63) is 71.3 Å². The minimum absolute atomic E-state index is 0.00343. The summed E-state index contributed by atoms with van der Waals surface area (Å²) in [5.41, 5.74) is 3.59. The van der Waals surface area contributed by atoms with Gasteiger partial charge in [0.2, 0.25) is 0 Å². The second kappa shape index (κ2) is 7.85. The highest BCUT2D eigenvalue weighted by molar-refractivity contribution is 8.26. The monoisotopic (exact) mass is 368 g/mol. The van der Waals surface area contributed by atoms with Crippen molar-refractivity contribution in [3.8, 4) is 0 Å². The van der Waals surface area contributed by atoms with Crippen LogP contribution in [0.3, 0.4) is 0 Å². The van der Waals surface area contributed by atoms with E-state index in [1.165, 1.54) is 23.0 Å². The van der Waals surface area contributed by atoms with Crippen molar-refractivity contribution in [2.45, 2.75) is 13.8 Å². The minimum atomic E-state index is -0.00343. The maximum Gasteiger partial charge on any atom is 0.266 e. The Bertz CT molecular complexity index is 821. The molecular weight excluding hydrogens is 348 g/mol. The molecule has 2 aliphatic rings. The molecule has 1 fully saturated rings. The number of amides is 1. The first-order chi connectivity index (χ1) is 12.2. The van der Waals surface area contributed by atoms with E-state index in [-0.39, 0.29) is 5.91 Å². The SMILES string of the molecule is CCN1C(=O)\C(=C/C=C/C=C2\C=CN(CC)c3ccccc32)SC1=S. The van der Waals surface area contributed by atoms with E-state index in [1.807, 2.05) is 25.2 Å². The Labute approximate surface area is 158 Å². The molecule has 0 unspecified atom stereocenters. The number of allylic oxidation sites excluding steroid dienone is 6. The zero-order chi connectivity index (χ0) is 17.8. The summed E-state index contributed by atoms with van der Waals surface area (Å²) in [6.45, 7) is 5.63. The lowest BCUT2D eigenvalue weighted by molar-refractivity contribution is -0.122. The number of thioether (sulfide) groups is 1. The fourth-order valence-corrected chi connectivity index (χ4v) is 4.15. The molecule has 2 aliphatic heterocycles. The molecule has 1 saturated heterocycles. The van der Waals surface area contributed by atoms with Crippen LogP contribution in [0.5, 0.6) is 0 Å². The lowest BCUT2D eigenvalue weighted by atomic mass is 9.99. The van der Waals surface area contributed by atoms with Crippen LogP contribution in [0.2, 0.25) is 0 Å². The molecule has 1 aromatic carbocycles. The Kier molecular flexibility index (Phi) is 5.56. The number of hydrogen-bond acceptors (Lipinski definition) is 4. The zero-order valence-corrected chi connectivity index (χ0v) is 15.9. The molecule has 0 saturated carbocycles. The van der Waals surface area contributed by atoms with Gasteiger partial charge in [-0.25, -0.2) is 0 Å². The van der Waals surface area contributed by atoms with Gasteiger partial charge in [-0.05, 0) is 37.6 Å². The Hall–Kier alpha value is -2.11. The first-order valence-electron chi connectivity index (χ1n) is 8.32. The zero-order valence-electron chi connectivity index (χ0n) is 14.3. The maximum atomic E-state index is 12.2. The fourth-order valence-electron chi connectivity index (χ4n) is 2.82. The maximum absolute atomic E-state index is 12.2. The van der Waals surface area contributed by atoms with Crippen LogP contribution in [0.4, 0.5) is 5.69 Å². The number of hydrogen-bond donors (Lipinski definition) is 0. The lowest BCUT2D eigenvalue weighted by Crippen LogP contribution is -2.27. The van der Waals surface area contributed by atoms with E-state index in [0.717, 1.165) is 12.1 Å². The van der Waals surface area contributed by atoms with Crippen LogP contribution in [-0.2, 0) is 4.79 Å². The molecule has 0 bridgehead atoms. The molecule has 5 heteroatoms. The van der Waals surface area contributed by atoms with E-state index in [4.69, 9.17) is 12.2 Å². The van der Waals surface area contributed by atoms with Gasteiger partial charge < -0.3 is 4.90 Å². The van der Waals surface area contributed by atoms with Crippen LogP contribution in [0, 0.1) is 0 Å². The number of nitrogens with zero attached hydrogens (tertiary/aromatic N) is 2. The number of fused-ring (bicyclic) bond motifs is 1. The molecule has 128 valence electrons. The molecule has 3 rings (SSSR count). The van der Waals surface area contributed by atoms with Gasteiger partial charge in [0, 0.05) is 30.5 Å². The van der Waals surface area contributed by atoms with Crippen molar-refractivity contribution >= 4 is 45.5 Å². The van der Waals surface area contributed by atoms with Gasteiger partial charge in [-0.2, -0.15) is 0 Å². The number of rotatable bonds is 4. The molecule has 0 spiro atoms. The molecule has 1 amide bonds. The number of para-hydroxylation sites is 1. The summed E-state index contributed by atoms with van der Waals surface area (Å²) in [6, 6.07) is 8.38. The smallest absolute Gasteiger partial charge is 0.266 e. The minimum Gasteiger partial charge on any atom is -0.348 e. The van der Waals surface area contributed by atoms with E-state index < -0.39 is 0 Å². The van der Waals surface area contributed by atoms with Crippen LogP contribution >= 0.6 is 24.0 Å². The Balaban J connectivity index is 1.79. The first kappa shape index (κ1) is 17.7. The summed E-state index contributed by atoms with van der Waals surface area (Å²) >= 11 is 6.58. The van der Waals surface area contributed by atoms with Crippen LogP contribution in [0.15, 0.2) is 65.8 Å². The first-order valence-corrected chi connectivity index (χ1v) is 9.54. The predicted octanol–water partition coefficient (Wildman–Crippen LogP) is 4.74. The molecule has 25 heavy (non-hydrogen) atoms. The molecular formula is C20H20N2OS2. The van der Waals surface area contributed by atoms with Crippen molar-refractivity contribution in [1.82, 2.24) is 4.90 Å². The molecule has 0 aliphatic carbocycles. The highest BCUT2D eigenvalue weighted by atomic mass is 32.2. The number of anilines is 1. The molecule has 0 N–H and O–H groups in total. The van der Waals surface area contributed by atoms with Gasteiger partial charge in [0.15, 0.2) is 0 Å². The van der Waals surface area contributed by atoms with Gasteiger partial charge in [0.05, 0.1) is 4.91 Å². The molecule has 0 aromatic heterocycles. The normalized spacial score (nSPS) is 20.4. The number of thiocarbonyl (C=S) groups is 1. The van der Waals surface area contributed by atoms with Crippen LogP contribution in [-0.4, -0.2) is 28.2 Å². The summed E-state index contributed by atoms with van der Waals surface area (Å²) in [4.78, 5) is 16.7. The van der Waals surface area contributed by atoms with Gasteiger partial charge in [0.1, 0.15) is 4.32 Å². The van der Waals surface area contributed by atoms with E-state index in [1.54, 1.807) is 4.90 Å². The highest BCUT2D eigenvalue weighted by Gasteiger charge is 2.29. The predicted molar refractivity (Wildman–Crippen MR) is 111 cm³/mol. The van der Waals surface area contributed by atoms with Gasteiger partial charge in [0.25, 0.3) is 5.91 Å². The second-order valence-corrected chi connectivity index (χ2v) is 7.25. The molecule has 3 nitrogen and oxygen atoms in total. The summed E-state index contributed by atoms with van der Waals surface area (Å²) in [5, 5.41) is 0. The fraction of sp³-hybridized carbons (Fsp3) is 0.200. The van der Waals surface area contributed by atoms with E-state index in [2.05, 4.69) is 54.4 Å². The molecule has 0 atom stereocenters. The van der Waals surface area contributed by atoms with E-state index in [0.29, 0.717) is 15.8 Å². The highest BCUT2D eigenvalue weighted by Crippen LogP contribution is 2.33. The van der Waals surface area contributed by atoms with Crippen molar-refractivity contribution in [2.24, 2.45) is 0 Å². The average molecular weight is 369 g/mol. The van der Waals surface area contributed by atoms with E-state index in [9.17, 15) is 4.79 Å². The van der Waals surface area contributed by atoms with Gasteiger partial charge in [-0.1, -0.05) is 60.4 Å². The Morgan fingerprint density at radius 3 is 2.60 bits per heavy atom. The van der Waals surface area contributed by atoms with Crippen LogP contribution < -0.4 is 4.90 Å². The van der Waals surface area contributed by atoms with Crippen molar-refractivity contribution < 1.29 is 4.79 Å². The van der Waals surface area contributed by atoms with Gasteiger partial charge >= 0.3 is 0 Å². The summed E-state index contributed by atoms with van der Waals surface area (Å²) in [5.74, 6) is -0.00343. The van der Waals surface area contributed by atoms with Gasteiger partial charge in [-0.3, -0.25) is 9.69 Å². The standard InChI is InChI=1S/C20H20N2OS2/c1-3-21-14-13-15(16-10-6-7-11-17(16)21)9-5-8-12-18-19(23)22(4-2)20(24)25-18/h5-14H,3-4H2,1-2H3/b8-5+,15-9+,18-12+. The quantitative estimate of drug-likeness (QED) is 0.565. The number of benzene rings is 1. The average Bonchev–Trinajstić information content (AvgIpc) is 2.91. The Morgan fingerprint density at radius 2 is 1.88 bits per heavy atom. The largest absolute Gasteiger partial charge is 0.348 e. The third kappa shape index (κ3) is 3.62. The topological polar surface area (TPSA) is 23.6 Å². The third-order valence-electron chi connectivity index (χ3n) is 4.12.